The van der Waals surface area contributed by atoms with E-state index in [0.717, 1.165) is 17.8 Å². The zero-order chi connectivity index (χ0) is 21.4. The third kappa shape index (κ3) is 3.17. The molecule has 0 saturated heterocycles. The molecule has 0 amide bonds. The number of aryl methyl sites for hydroxylation is 3. The average molecular weight is 409 g/mol. The highest BCUT2D eigenvalue weighted by Crippen LogP contribution is 2.20. The molecular weight excluding hydrogens is 382 g/mol. The van der Waals surface area contributed by atoms with E-state index in [1.807, 2.05) is 41.0 Å². The molecule has 0 aliphatic heterocycles. The number of imidazole rings is 2. The van der Waals surface area contributed by atoms with Crippen LogP contribution >= 0.6 is 0 Å². The monoisotopic (exact) mass is 409 g/mol. The molecule has 0 atom stereocenters. The summed E-state index contributed by atoms with van der Waals surface area (Å²) < 4.78 is 11.9. The Hall–Kier alpha value is -3.13. The van der Waals surface area contributed by atoms with Crippen LogP contribution in [0, 0.1) is 13.8 Å². The summed E-state index contributed by atoms with van der Waals surface area (Å²) in [5, 5.41) is 0. The molecule has 0 spiro atoms. The van der Waals surface area contributed by atoms with Crippen LogP contribution in [-0.2, 0) is 31.3 Å². The van der Waals surface area contributed by atoms with Crippen molar-refractivity contribution in [1.29, 1.82) is 0 Å². The van der Waals surface area contributed by atoms with Gasteiger partial charge in [0.1, 0.15) is 0 Å². The van der Waals surface area contributed by atoms with Gasteiger partial charge in [-0.3, -0.25) is 18.3 Å². The van der Waals surface area contributed by atoms with Gasteiger partial charge in [0.05, 0.1) is 6.61 Å². The normalized spacial score (nSPS) is 11.7. The lowest BCUT2D eigenvalue weighted by atomic mass is 10.1. The van der Waals surface area contributed by atoms with E-state index in [1.165, 1.54) is 14.7 Å². The Labute approximate surface area is 174 Å². The van der Waals surface area contributed by atoms with Gasteiger partial charge in [-0.1, -0.05) is 30.3 Å². The van der Waals surface area contributed by atoms with Gasteiger partial charge in [0.15, 0.2) is 11.2 Å². The van der Waals surface area contributed by atoms with Crippen molar-refractivity contribution in [3.05, 3.63) is 68.1 Å². The highest BCUT2D eigenvalue weighted by atomic mass is 16.5. The molecular formula is C22H27N5O3. The quantitative estimate of drug-likeness (QED) is 0.468. The molecule has 0 bridgehead atoms. The fourth-order valence-electron chi connectivity index (χ4n) is 4.05. The van der Waals surface area contributed by atoms with Gasteiger partial charge < -0.3 is 9.30 Å². The third-order valence-electron chi connectivity index (χ3n) is 5.84. The van der Waals surface area contributed by atoms with Crippen molar-refractivity contribution in [3.63, 3.8) is 0 Å². The summed E-state index contributed by atoms with van der Waals surface area (Å²) >= 11 is 0. The Kier molecular flexibility index (Phi) is 5.34. The molecule has 3 aromatic heterocycles. The smallest absolute Gasteiger partial charge is 0.332 e. The number of methoxy groups -OCH3 is 1. The molecule has 0 radical (unpaired) electrons. The number of hydrogen-bond acceptors (Lipinski definition) is 4. The van der Waals surface area contributed by atoms with Gasteiger partial charge in [-0.2, -0.15) is 4.98 Å². The van der Waals surface area contributed by atoms with Gasteiger partial charge in [0, 0.05) is 38.6 Å². The second-order valence-electron chi connectivity index (χ2n) is 7.62. The molecule has 0 fully saturated rings. The predicted octanol–water partition coefficient (Wildman–Crippen LogP) is 2.05. The Balaban J connectivity index is 1.82. The Morgan fingerprint density at radius 1 is 1.00 bits per heavy atom. The molecule has 4 aromatic rings. The van der Waals surface area contributed by atoms with Gasteiger partial charge >= 0.3 is 5.69 Å². The van der Waals surface area contributed by atoms with E-state index in [9.17, 15) is 9.59 Å². The second kappa shape index (κ2) is 7.95. The molecule has 8 heteroatoms. The maximum Gasteiger partial charge on any atom is 0.332 e. The largest absolute Gasteiger partial charge is 0.383 e. The van der Waals surface area contributed by atoms with Crippen molar-refractivity contribution in [2.24, 2.45) is 7.05 Å². The van der Waals surface area contributed by atoms with Crippen LogP contribution in [0.15, 0.2) is 39.9 Å². The molecule has 0 N–H and O–H groups in total. The van der Waals surface area contributed by atoms with Gasteiger partial charge in [0.2, 0.25) is 5.78 Å². The van der Waals surface area contributed by atoms with Crippen LogP contribution in [0.1, 0.15) is 23.4 Å². The molecule has 4 rings (SSSR count). The highest BCUT2D eigenvalue weighted by molar-refractivity contribution is 5.76. The van der Waals surface area contributed by atoms with Gasteiger partial charge in [-0.05, 0) is 32.3 Å². The average Bonchev–Trinajstić information content (AvgIpc) is 3.24. The van der Waals surface area contributed by atoms with Crippen molar-refractivity contribution >= 4 is 16.9 Å². The fourth-order valence-corrected chi connectivity index (χ4v) is 4.05. The van der Waals surface area contributed by atoms with Crippen molar-refractivity contribution in [2.75, 3.05) is 13.7 Å². The van der Waals surface area contributed by atoms with E-state index in [1.54, 1.807) is 14.2 Å². The van der Waals surface area contributed by atoms with Gasteiger partial charge in [0.25, 0.3) is 5.56 Å². The van der Waals surface area contributed by atoms with Crippen LogP contribution in [-0.4, -0.2) is 36.8 Å². The van der Waals surface area contributed by atoms with Gasteiger partial charge in [-0.25, -0.2) is 4.79 Å². The standard InChI is InChI=1S/C22H27N5O3/c1-15-16(2)27-18-19(23-21(27)25(15)13-14-30-4)24(3)22(29)26(20(18)28)12-8-11-17-9-6-5-7-10-17/h5-7,9-10H,8,11-14H2,1-4H3. The lowest BCUT2D eigenvalue weighted by Gasteiger charge is -2.09. The molecule has 0 saturated carbocycles. The van der Waals surface area contributed by atoms with Crippen LogP contribution in [0.5, 0.6) is 0 Å². The van der Waals surface area contributed by atoms with Crippen LogP contribution in [0.4, 0.5) is 0 Å². The summed E-state index contributed by atoms with van der Waals surface area (Å²) in [6, 6.07) is 10.1. The van der Waals surface area contributed by atoms with Crippen molar-refractivity contribution < 1.29 is 4.74 Å². The SMILES string of the molecule is COCCn1c(C)c(C)n2c3c(=O)n(CCCc4ccccc4)c(=O)n(C)c3nc12. The number of ether oxygens (including phenoxy) is 1. The molecule has 8 nitrogen and oxygen atoms in total. The Morgan fingerprint density at radius 3 is 2.43 bits per heavy atom. The van der Waals surface area contributed by atoms with E-state index in [2.05, 4.69) is 17.1 Å². The van der Waals surface area contributed by atoms with Crippen molar-refractivity contribution in [3.8, 4) is 0 Å². The highest BCUT2D eigenvalue weighted by Gasteiger charge is 2.22. The number of nitrogens with zero attached hydrogens (tertiary/aromatic N) is 5. The van der Waals surface area contributed by atoms with Crippen molar-refractivity contribution in [2.45, 2.75) is 39.8 Å². The first-order valence-electron chi connectivity index (χ1n) is 10.2. The third-order valence-corrected chi connectivity index (χ3v) is 5.84. The lowest BCUT2D eigenvalue weighted by molar-refractivity contribution is 0.187. The zero-order valence-corrected chi connectivity index (χ0v) is 17.9. The molecule has 158 valence electrons. The van der Waals surface area contributed by atoms with Crippen molar-refractivity contribution in [1.82, 2.24) is 23.1 Å². The number of hydrogen-bond donors (Lipinski definition) is 0. The minimum absolute atomic E-state index is 0.291. The first-order chi connectivity index (χ1) is 14.5. The number of benzene rings is 1. The van der Waals surface area contributed by atoms with E-state index in [4.69, 9.17) is 4.74 Å². The molecule has 3 heterocycles. The number of fused-ring (bicyclic) bond motifs is 3. The first kappa shape index (κ1) is 20.2. The van der Waals surface area contributed by atoms with E-state index in [-0.39, 0.29) is 11.2 Å². The van der Waals surface area contributed by atoms with Gasteiger partial charge in [-0.15, -0.1) is 0 Å². The van der Waals surface area contributed by atoms with Crippen LogP contribution in [0.2, 0.25) is 0 Å². The lowest BCUT2D eigenvalue weighted by Crippen LogP contribution is -2.39. The number of rotatable bonds is 7. The van der Waals surface area contributed by atoms with E-state index < -0.39 is 0 Å². The summed E-state index contributed by atoms with van der Waals surface area (Å²) in [4.78, 5) is 30.9. The maximum atomic E-state index is 13.4. The topological polar surface area (TPSA) is 75.5 Å². The fraction of sp³-hybridized carbons (Fsp3) is 0.409. The van der Waals surface area contributed by atoms with Crippen LogP contribution < -0.4 is 11.2 Å². The molecule has 0 aliphatic rings. The number of aromatic nitrogens is 5. The maximum absolute atomic E-state index is 13.4. The molecule has 30 heavy (non-hydrogen) atoms. The van der Waals surface area contributed by atoms with E-state index >= 15 is 0 Å². The second-order valence-corrected chi connectivity index (χ2v) is 7.62. The van der Waals surface area contributed by atoms with Crippen LogP contribution in [0.25, 0.3) is 16.9 Å². The summed E-state index contributed by atoms with van der Waals surface area (Å²) in [5.41, 5.74) is 3.39. The summed E-state index contributed by atoms with van der Waals surface area (Å²) in [5.74, 6) is 0.659. The summed E-state index contributed by atoms with van der Waals surface area (Å²) in [6.07, 6.45) is 1.52. The Morgan fingerprint density at radius 2 is 1.73 bits per heavy atom. The first-order valence-corrected chi connectivity index (χ1v) is 10.2. The summed E-state index contributed by atoms with van der Waals surface area (Å²) in [7, 11) is 3.33. The predicted molar refractivity (Wildman–Crippen MR) is 116 cm³/mol. The minimum Gasteiger partial charge on any atom is -0.383 e. The molecule has 0 unspecified atom stereocenters. The van der Waals surface area contributed by atoms with E-state index in [0.29, 0.717) is 43.1 Å². The minimum atomic E-state index is -0.334. The van der Waals surface area contributed by atoms with Crippen LogP contribution in [0.3, 0.4) is 0 Å². The molecule has 0 aliphatic carbocycles. The zero-order valence-electron chi connectivity index (χ0n) is 17.9. The summed E-state index contributed by atoms with van der Waals surface area (Å²) in [6.45, 7) is 5.51. The Bertz CT molecular complexity index is 1320. The molecule has 1 aromatic carbocycles.